The number of carbonyl (C=O) groups is 1. The number of hydrogen-bond donors (Lipinski definition) is 0. The predicted molar refractivity (Wildman–Crippen MR) is 210 cm³/mol. The van der Waals surface area contributed by atoms with Crippen LogP contribution in [-0.4, -0.2) is 30.3 Å². The van der Waals surface area contributed by atoms with Crippen molar-refractivity contribution in [1.29, 1.82) is 0 Å². The molecule has 7 heteroatoms. The molecule has 0 radical (unpaired) electrons. The average Bonchev–Trinajstić information content (AvgIpc) is 4.00. The Balaban J connectivity index is 0.00000420. The van der Waals surface area contributed by atoms with Crippen molar-refractivity contribution in [2.45, 2.75) is 0 Å². The third-order valence-electron chi connectivity index (χ3n) is 8.83. The van der Waals surface area contributed by atoms with Gasteiger partial charge >= 0.3 is 16.5 Å². The zero-order chi connectivity index (χ0) is 34.7. The van der Waals surface area contributed by atoms with E-state index in [0.29, 0.717) is 11.2 Å². The fraction of sp³-hybridized carbons (Fsp3) is 0.0444. The van der Waals surface area contributed by atoms with E-state index in [1.165, 1.54) is 6.08 Å². The van der Waals surface area contributed by atoms with Gasteiger partial charge in [-0.2, -0.15) is 0 Å². The van der Waals surface area contributed by atoms with E-state index < -0.39 is 0 Å². The number of nitrogens with zero attached hydrogens (tertiary/aromatic N) is 5. The number of fused-ring (bicyclic) bond motifs is 8. The first-order valence-electron chi connectivity index (χ1n) is 16.6. The summed E-state index contributed by atoms with van der Waals surface area (Å²) in [7, 11) is 4.04. The summed E-state index contributed by atoms with van der Waals surface area (Å²) in [6.45, 7) is 0. The molecule has 0 aliphatic carbocycles. The summed E-state index contributed by atoms with van der Waals surface area (Å²) in [6, 6.07) is 36.4. The summed E-state index contributed by atoms with van der Waals surface area (Å²) in [6.07, 6.45) is 12.0. The number of aromatic nitrogens is 4. The quantitative estimate of drug-likeness (QED) is 0.0767. The molecule has 2 aliphatic heterocycles. The van der Waals surface area contributed by atoms with Crippen LogP contribution in [0.5, 0.6) is 0 Å². The van der Waals surface area contributed by atoms with Crippen LogP contribution in [-0.2, 0) is 21.3 Å². The molecule has 6 aromatic rings. The zero-order valence-electron chi connectivity index (χ0n) is 28.4. The first-order valence-corrected chi connectivity index (χ1v) is 16.6. The number of rotatable bonds is 5. The Morgan fingerprint density at radius 2 is 1.10 bits per heavy atom. The van der Waals surface area contributed by atoms with Crippen molar-refractivity contribution >= 4 is 64.4 Å². The first kappa shape index (κ1) is 34.0. The standard InChI is InChI=1S/C45H32N5O.Ni/c1-50(2)33-18-15-30(16-19-33)17-20-35-38-23-27-42(48-38)44(31-10-5-3-6-11-31)40-25-21-36(46-40)34(14-9-29-51)37-22-26-41(47-37)45(32-12-7-4-8-13-32)43-28-24-39(35)49-43;/h3-16,18-19,21-29H,1-2H3,(H-,46,47,48,49,51);/q-1;+2/p-1. The molecular formula is C45H31N5NiO. The number of anilines is 1. The molecule has 0 spiro atoms. The second-order valence-electron chi connectivity index (χ2n) is 12.3. The Morgan fingerprint density at radius 3 is 1.69 bits per heavy atom. The van der Waals surface area contributed by atoms with Gasteiger partial charge in [0.25, 0.3) is 0 Å². The van der Waals surface area contributed by atoms with Crippen LogP contribution in [0, 0.1) is 11.8 Å². The summed E-state index contributed by atoms with van der Waals surface area (Å²) in [4.78, 5) is 34.2. The summed E-state index contributed by atoms with van der Waals surface area (Å²) in [5.74, 6) is 6.84. The Kier molecular flexibility index (Phi) is 9.67. The van der Waals surface area contributed by atoms with Crippen LogP contribution in [0.1, 0.15) is 39.5 Å². The van der Waals surface area contributed by atoms with Gasteiger partial charge in [-0.3, -0.25) is 4.79 Å². The van der Waals surface area contributed by atoms with Crippen LogP contribution in [0.4, 0.5) is 5.69 Å². The van der Waals surface area contributed by atoms with Crippen LogP contribution < -0.4 is 14.9 Å². The van der Waals surface area contributed by atoms with Crippen molar-refractivity contribution in [1.82, 2.24) is 19.9 Å². The third kappa shape index (κ3) is 6.68. The minimum absolute atomic E-state index is 0. The van der Waals surface area contributed by atoms with Crippen LogP contribution in [0.25, 0.3) is 74.7 Å². The van der Waals surface area contributed by atoms with Crippen molar-refractivity contribution in [3.8, 4) is 34.1 Å². The molecule has 0 amide bonds. The Hall–Kier alpha value is -6.48. The van der Waals surface area contributed by atoms with E-state index in [2.05, 4.69) is 53.1 Å². The molecule has 6 nitrogen and oxygen atoms in total. The largest absolute Gasteiger partial charge is 2.00 e. The van der Waals surface area contributed by atoms with E-state index in [1.807, 2.05) is 111 Å². The normalized spacial score (nSPS) is 11.6. The summed E-state index contributed by atoms with van der Waals surface area (Å²) >= 11 is 0. The molecule has 0 saturated heterocycles. The van der Waals surface area contributed by atoms with Crippen LogP contribution >= 0.6 is 0 Å². The van der Waals surface area contributed by atoms with Crippen LogP contribution in [0.3, 0.4) is 0 Å². The summed E-state index contributed by atoms with van der Waals surface area (Å²) in [5, 5.41) is 0. The second-order valence-corrected chi connectivity index (χ2v) is 12.3. The molecule has 8 rings (SSSR count). The molecule has 252 valence electrons. The molecule has 52 heavy (non-hydrogen) atoms. The van der Waals surface area contributed by atoms with E-state index in [-0.39, 0.29) is 16.5 Å². The van der Waals surface area contributed by atoms with E-state index in [9.17, 15) is 4.79 Å². The fourth-order valence-electron chi connectivity index (χ4n) is 6.32. The van der Waals surface area contributed by atoms with E-state index >= 15 is 0 Å². The van der Waals surface area contributed by atoms with Crippen molar-refractivity contribution in [3.63, 3.8) is 0 Å². The van der Waals surface area contributed by atoms with Crippen molar-refractivity contribution < 1.29 is 21.3 Å². The number of allylic oxidation sites excluding steroid dienone is 1. The van der Waals surface area contributed by atoms with Crippen LogP contribution in [0.15, 0.2) is 115 Å². The van der Waals surface area contributed by atoms with E-state index in [0.717, 1.165) is 84.5 Å². The number of hydrogen-bond acceptors (Lipinski definition) is 4. The van der Waals surface area contributed by atoms with Gasteiger partial charge in [-0.1, -0.05) is 103 Å². The van der Waals surface area contributed by atoms with Gasteiger partial charge in [-0.15, -0.1) is 22.1 Å². The number of aldehydes is 1. The SMILES string of the molecule is CN(C)c1ccc(C#Cc2c3nc(c(-c4ccccc4)c4ccc([n-]4)c(/C=C/C=O)c4nc(c(-c5ccccc5)c5ccc2[n-]5)C=C4)C=C3)cc1.[Ni+2]. The van der Waals surface area contributed by atoms with Gasteiger partial charge in [-0.25, -0.2) is 9.97 Å². The molecule has 0 fully saturated rings. The first-order chi connectivity index (χ1) is 25.1. The molecule has 0 saturated carbocycles. The molecule has 3 aromatic carbocycles. The summed E-state index contributed by atoms with van der Waals surface area (Å²) in [5.41, 5.74) is 13.1. The molecule has 2 aliphatic rings. The smallest absolute Gasteiger partial charge is 0.657 e. The van der Waals surface area contributed by atoms with Gasteiger partial charge < -0.3 is 14.9 Å². The third-order valence-corrected chi connectivity index (χ3v) is 8.83. The monoisotopic (exact) mass is 715 g/mol. The van der Waals surface area contributed by atoms with Crippen molar-refractivity contribution in [2.24, 2.45) is 0 Å². The van der Waals surface area contributed by atoms with E-state index in [4.69, 9.17) is 19.9 Å². The second kappa shape index (κ2) is 14.8. The van der Waals surface area contributed by atoms with Crippen molar-refractivity contribution in [2.75, 3.05) is 19.0 Å². The molecule has 3 aromatic heterocycles. The van der Waals surface area contributed by atoms with Gasteiger partial charge in [-0.05, 0) is 82.5 Å². The Bertz CT molecular complexity index is 2580. The minimum atomic E-state index is 0. The van der Waals surface area contributed by atoms with Gasteiger partial charge in [0.1, 0.15) is 6.29 Å². The van der Waals surface area contributed by atoms with Gasteiger partial charge in [0.2, 0.25) is 0 Å². The average molecular weight is 716 g/mol. The number of benzene rings is 3. The maximum absolute atomic E-state index is 11.5. The number of carbonyl (C=O) groups excluding carboxylic acids is 1. The Labute approximate surface area is 312 Å². The summed E-state index contributed by atoms with van der Waals surface area (Å²) < 4.78 is 0. The maximum atomic E-state index is 11.5. The minimum Gasteiger partial charge on any atom is -0.657 e. The topological polar surface area (TPSA) is 74.3 Å². The molecule has 0 unspecified atom stereocenters. The molecule has 0 N–H and O–H groups in total. The van der Waals surface area contributed by atoms with Crippen molar-refractivity contribution in [3.05, 3.63) is 155 Å². The molecule has 0 atom stereocenters. The molecule has 5 heterocycles. The van der Waals surface area contributed by atoms with Gasteiger partial charge in [0.15, 0.2) is 0 Å². The zero-order valence-corrected chi connectivity index (χ0v) is 29.4. The van der Waals surface area contributed by atoms with Gasteiger partial charge in [0.05, 0.1) is 22.8 Å². The molecular weight excluding hydrogens is 685 g/mol. The predicted octanol–water partition coefficient (Wildman–Crippen LogP) is 8.92. The van der Waals surface area contributed by atoms with E-state index in [1.54, 1.807) is 6.08 Å². The maximum Gasteiger partial charge on any atom is 2.00 e. The molecule has 8 bridgehead atoms. The Morgan fingerprint density at radius 1 is 0.577 bits per heavy atom. The van der Waals surface area contributed by atoms with Gasteiger partial charge in [0, 0.05) is 30.9 Å². The fourth-order valence-corrected chi connectivity index (χ4v) is 6.32. The van der Waals surface area contributed by atoms with Crippen LogP contribution in [0.2, 0.25) is 0 Å².